The van der Waals surface area contributed by atoms with E-state index in [2.05, 4.69) is 15.2 Å². The Balaban J connectivity index is 2.47. The van der Waals surface area contributed by atoms with Crippen molar-refractivity contribution in [3.63, 3.8) is 0 Å². The van der Waals surface area contributed by atoms with E-state index in [1.54, 1.807) is 22.5 Å². The zero-order chi connectivity index (χ0) is 14.9. The van der Waals surface area contributed by atoms with Crippen molar-refractivity contribution >= 4 is 27.6 Å². The van der Waals surface area contributed by atoms with E-state index in [4.69, 9.17) is 0 Å². The molecule has 21 heavy (non-hydrogen) atoms. The predicted octanol–water partition coefficient (Wildman–Crippen LogP) is 1.08. The molecule has 0 saturated carbocycles. The Hall–Kier alpha value is -2.70. The van der Waals surface area contributed by atoms with Crippen molar-refractivity contribution in [2.75, 3.05) is 0 Å². The first kappa shape index (κ1) is 12.1. The minimum absolute atomic E-state index is 0.0740. The number of fused-ring (bicyclic) bond motifs is 5. The summed E-state index contributed by atoms with van der Waals surface area (Å²) >= 11 is 0. The zero-order valence-corrected chi connectivity index (χ0v) is 12.2. The first-order chi connectivity index (χ1) is 9.99. The molecule has 0 aliphatic carbocycles. The minimum Gasteiger partial charge on any atom is -0.296 e. The molecule has 0 atom stereocenters. The summed E-state index contributed by atoms with van der Waals surface area (Å²) in [4.78, 5) is 17.0. The van der Waals surface area contributed by atoms with Gasteiger partial charge in [0, 0.05) is 26.4 Å². The van der Waals surface area contributed by atoms with Crippen molar-refractivity contribution in [1.82, 2.24) is 28.9 Å². The molecule has 0 fully saturated rings. The highest BCUT2D eigenvalue weighted by atomic mass is 16.1. The van der Waals surface area contributed by atoms with Gasteiger partial charge in [0.15, 0.2) is 5.65 Å². The van der Waals surface area contributed by atoms with Crippen LogP contribution in [0, 0.1) is 13.8 Å². The van der Waals surface area contributed by atoms with Gasteiger partial charge in [-0.15, -0.1) is 0 Å². The fourth-order valence-corrected chi connectivity index (χ4v) is 2.94. The highest BCUT2D eigenvalue weighted by molar-refractivity contribution is 6.03. The molecule has 4 rings (SSSR count). The van der Waals surface area contributed by atoms with E-state index in [1.165, 1.54) is 0 Å². The highest BCUT2D eigenvalue weighted by Crippen LogP contribution is 2.24. The summed E-state index contributed by atoms with van der Waals surface area (Å²) < 4.78 is 5.14. The second-order valence-corrected chi connectivity index (χ2v) is 5.35. The van der Waals surface area contributed by atoms with E-state index in [-0.39, 0.29) is 5.56 Å². The van der Waals surface area contributed by atoms with Crippen LogP contribution in [0.2, 0.25) is 0 Å². The lowest BCUT2D eigenvalue weighted by Gasteiger charge is -2.07. The number of hydrogen-bond acceptors (Lipinski definition) is 4. The molecule has 0 bridgehead atoms. The van der Waals surface area contributed by atoms with E-state index >= 15 is 0 Å². The SMILES string of the molecule is Cc1cc2n(C)c(=O)c3cnc4c(c(C)nn4C)c3n2n1. The Morgan fingerprint density at radius 1 is 1.14 bits per heavy atom. The predicted molar refractivity (Wildman–Crippen MR) is 79.5 cm³/mol. The average molecular weight is 282 g/mol. The van der Waals surface area contributed by atoms with Crippen molar-refractivity contribution in [3.8, 4) is 0 Å². The van der Waals surface area contributed by atoms with Crippen LogP contribution < -0.4 is 5.56 Å². The maximum absolute atomic E-state index is 12.6. The molecule has 0 aliphatic heterocycles. The normalized spacial score (nSPS) is 12.0. The molecule has 4 aromatic heterocycles. The number of nitrogens with zero attached hydrogens (tertiary/aromatic N) is 6. The van der Waals surface area contributed by atoms with Gasteiger partial charge in [-0.3, -0.25) is 14.0 Å². The molecule has 0 unspecified atom stereocenters. The van der Waals surface area contributed by atoms with Gasteiger partial charge in [-0.2, -0.15) is 10.2 Å². The van der Waals surface area contributed by atoms with Crippen LogP contribution in [0.25, 0.3) is 27.6 Å². The summed E-state index contributed by atoms with van der Waals surface area (Å²) in [6, 6.07) is 1.90. The summed E-state index contributed by atoms with van der Waals surface area (Å²) in [6.07, 6.45) is 1.61. The van der Waals surface area contributed by atoms with Crippen LogP contribution in [0.4, 0.5) is 0 Å². The third kappa shape index (κ3) is 1.37. The van der Waals surface area contributed by atoms with Gasteiger partial charge in [-0.05, 0) is 13.8 Å². The van der Waals surface area contributed by atoms with E-state index in [0.29, 0.717) is 5.39 Å². The highest BCUT2D eigenvalue weighted by Gasteiger charge is 2.17. The lowest BCUT2D eigenvalue weighted by atomic mass is 10.2. The fraction of sp³-hybridized carbons (Fsp3) is 0.286. The third-order valence-electron chi connectivity index (χ3n) is 3.90. The first-order valence-electron chi connectivity index (χ1n) is 6.66. The van der Waals surface area contributed by atoms with Crippen molar-refractivity contribution < 1.29 is 0 Å². The average Bonchev–Trinajstić information content (AvgIpc) is 2.97. The summed E-state index contributed by atoms with van der Waals surface area (Å²) in [5.41, 5.74) is 3.92. The van der Waals surface area contributed by atoms with Gasteiger partial charge in [0.1, 0.15) is 5.65 Å². The van der Waals surface area contributed by atoms with E-state index < -0.39 is 0 Å². The summed E-state index contributed by atoms with van der Waals surface area (Å²) in [5, 5.41) is 10.4. The molecule has 0 saturated heterocycles. The van der Waals surface area contributed by atoms with E-state index in [0.717, 1.165) is 33.6 Å². The quantitative estimate of drug-likeness (QED) is 0.484. The van der Waals surface area contributed by atoms with Gasteiger partial charge in [0.25, 0.3) is 5.56 Å². The monoisotopic (exact) mass is 282 g/mol. The molecule has 106 valence electrons. The van der Waals surface area contributed by atoms with Gasteiger partial charge in [0.2, 0.25) is 0 Å². The van der Waals surface area contributed by atoms with Gasteiger partial charge < -0.3 is 0 Å². The molecular weight excluding hydrogens is 268 g/mol. The van der Waals surface area contributed by atoms with Gasteiger partial charge in [-0.1, -0.05) is 0 Å². The summed E-state index contributed by atoms with van der Waals surface area (Å²) in [7, 11) is 3.60. The molecule has 0 spiro atoms. The van der Waals surface area contributed by atoms with E-state index in [9.17, 15) is 4.79 Å². The fourth-order valence-electron chi connectivity index (χ4n) is 2.94. The number of aryl methyl sites for hydroxylation is 4. The Morgan fingerprint density at radius 2 is 1.90 bits per heavy atom. The number of hydrogen-bond donors (Lipinski definition) is 0. The molecule has 0 aromatic carbocycles. The molecule has 4 aromatic rings. The van der Waals surface area contributed by atoms with Crippen molar-refractivity contribution in [1.29, 1.82) is 0 Å². The maximum atomic E-state index is 12.6. The smallest absolute Gasteiger partial charge is 0.262 e. The lowest BCUT2D eigenvalue weighted by molar-refractivity contribution is 0.774. The molecule has 0 aliphatic rings. The Bertz CT molecular complexity index is 1100. The molecule has 7 nitrogen and oxygen atoms in total. The summed E-state index contributed by atoms with van der Waals surface area (Å²) in [6.45, 7) is 3.83. The van der Waals surface area contributed by atoms with Crippen molar-refractivity contribution in [2.45, 2.75) is 13.8 Å². The zero-order valence-electron chi connectivity index (χ0n) is 12.2. The van der Waals surface area contributed by atoms with Crippen molar-refractivity contribution in [2.24, 2.45) is 14.1 Å². The topological polar surface area (TPSA) is 70.0 Å². The second-order valence-electron chi connectivity index (χ2n) is 5.35. The standard InChI is InChI=1S/C14H14N6O/c1-7-5-10-18(3)14(21)9-6-15-13-11(8(2)17-19(13)4)12(9)20(10)16-7/h5-6H,1-4H3. The van der Waals surface area contributed by atoms with Crippen LogP contribution in [0.5, 0.6) is 0 Å². The maximum Gasteiger partial charge on any atom is 0.262 e. The van der Waals surface area contributed by atoms with Crippen LogP contribution in [0.15, 0.2) is 17.1 Å². The minimum atomic E-state index is -0.0740. The van der Waals surface area contributed by atoms with Crippen LogP contribution in [0.3, 0.4) is 0 Å². The molecule has 4 heterocycles. The Labute approximate surface area is 119 Å². The van der Waals surface area contributed by atoms with Crippen LogP contribution in [-0.4, -0.2) is 28.9 Å². The number of aromatic nitrogens is 6. The van der Waals surface area contributed by atoms with Gasteiger partial charge in [-0.25, -0.2) is 9.50 Å². The first-order valence-corrected chi connectivity index (χ1v) is 6.66. The number of rotatable bonds is 0. The van der Waals surface area contributed by atoms with Crippen LogP contribution >= 0.6 is 0 Å². The van der Waals surface area contributed by atoms with Crippen LogP contribution in [-0.2, 0) is 14.1 Å². The van der Waals surface area contributed by atoms with Crippen LogP contribution in [0.1, 0.15) is 11.4 Å². The second kappa shape index (κ2) is 3.69. The molecule has 0 radical (unpaired) electrons. The van der Waals surface area contributed by atoms with E-state index in [1.807, 2.05) is 31.5 Å². The molecule has 7 heteroatoms. The third-order valence-corrected chi connectivity index (χ3v) is 3.90. The lowest BCUT2D eigenvalue weighted by Crippen LogP contribution is -2.20. The number of pyridine rings is 1. The largest absolute Gasteiger partial charge is 0.296 e. The molecule has 0 amide bonds. The molecular formula is C14H14N6O. The van der Waals surface area contributed by atoms with Gasteiger partial charge >= 0.3 is 0 Å². The Morgan fingerprint density at radius 3 is 2.67 bits per heavy atom. The summed E-state index contributed by atoms with van der Waals surface area (Å²) in [5.74, 6) is 0. The van der Waals surface area contributed by atoms with Gasteiger partial charge in [0.05, 0.1) is 27.7 Å². The Kier molecular flexibility index (Phi) is 2.12. The molecule has 0 N–H and O–H groups in total. The van der Waals surface area contributed by atoms with Crippen molar-refractivity contribution in [3.05, 3.63) is 34.0 Å².